The van der Waals surface area contributed by atoms with Crippen LogP contribution in [0.2, 0.25) is 0 Å². The Hall–Kier alpha value is -4.40. The molecule has 1 aliphatic rings. The number of rotatable bonds is 9. The van der Waals surface area contributed by atoms with E-state index in [1.807, 2.05) is 0 Å². The van der Waals surface area contributed by atoms with Gasteiger partial charge in [-0.25, -0.2) is 9.78 Å². The molecule has 2 unspecified atom stereocenters. The van der Waals surface area contributed by atoms with Crippen LogP contribution >= 0.6 is 0 Å². The molecule has 1 aromatic carbocycles. The van der Waals surface area contributed by atoms with Crippen LogP contribution < -0.4 is 10.6 Å². The molecule has 46 heavy (non-hydrogen) atoms. The fraction of sp³-hybridized carbons (Fsp3) is 0.419. The Morgan fingerprint density at radius 2 is 1.70 bits per heavy atom. The normalized spacial score (nSPS) is 16.9. The number of nitrogens with zero attached hydrogens (tertiary/aromatic N) is 3. The molecular weight excluding hydrogens is 620 g/mol. The van der Waals surface area contributed by atoms with Crippen molar-refractivity contribution in [1.82, 2.24) is 14.9 Å². The van der Waals surface area contributed by atoms with Crippen LogP contribution in [0.1, 0.15) is 55.1 Å². The van der Waals surface area contributed by atoms with Gasteiger partial charge >= 0.3 is 18.4 Å². The summed E-state index contributed by atoms with van der Waals surface area (Å²) in [6.07, 6.45) is -7.32. The minimum absolute atomic E-state index is 0.0593. The van der Waals surface area contributed by atoms with Gasteiger partial charge in [0.25, 0.3) is 5.91 Å². The Morgan fingerprint density at radius 3 is 2.35 bits per heavy atom. The molecule has 0 bridgehead atoms. The topological polar surface area (TPSA) is 106 Å². The molecule has 3 aromatic rings. The van der Waals surface area contributed by atoms with Gasteiger partial charge in [0, 0.05) is 37.4 Å². The fourth-order valence-corrected chi connectivity index (χ4v) is 5.17. The van der Waals surface area contributed by atoms with Crippen LogP contribution in [0.15, 0.2) is 67.1 Å². The summed E-state index contributed by atoms with van der Waals surface area (Å²) in [4.78, 5) is 35.2. The van der Waals surface area contributed by atoms with Crippen LogP contribution in [0, 0.1) is 0 Å². The summed E-state index contributed by atoms with van der Waals surface area (Å²) >= 11 is 0. The van der Waals surface area contributed by atoms with Crippen LogP contribution in [0.3, 0.4) is 0 Å². The molecule has 1 aliphatic heterocycles. The van der Waals surface area contributed by atoms with Crippen molar-refractivity contribution < 1.29 is 45.4 Å². The second kappa shape index (κ2) is 13.5. The Morgan fingerprint density at radius 1 is 0.978 bits per heavy atom. The Balaban J connectivity index is 1.70. The maximum absolute atomic E-state index is 15.2. The van der Waals surface area contributed by atoms with E-state index in [1.54, 1.807) is 24.5 Å². The number of hydrogen-bond acceptors (Lipinski definition) is 7. The molecule has 1 saturated heterocycles. The molecule has 0 aliphatic carbocycles. The van der Waals surface area contributed by atoms with Crippen LogP contribution in [-0.4, -0.2) is 64.0 Å². The quantitative estimate of drug-likeness (QED) is 0.238. The number of pyridine rings is 2. The highest BCUT2D eigenvalue weighted by molar-refractivity contribution is 6.07. The smallest absolute Gasteiger partial charge is 0.423 e. The molecule has 1 fully saturated rings. The summed E-state index contributed by atoms with van der Waals surface area (Å²) in [6, 6.07) is 8.84. The minimum Gasteiger partial charge on any atom is -0.444 e. The van der Waals surface area contributed by atoms with Gasteiger partial charge in [-0.15, -0.1) is 0 Å². The van der Waals surface area contributed by atoms with E-state index in [0.29, 0.717) is 0 Å². The number of alkyl halides is 6. The highest BCUT2D eigenvalue weighted by Gasteiger charge is 2.66. The Kier molecular flexibility index (Phi) is 10.1. The molecule has 9 nitrogen and oxygen atoms in total. The number of nitrogens with one attached hydrogen (secondary N) is 2. The molecule has 0 radical (unpaired) electrons. The van der Waals surface area contributed by atoms with Crippen molar-refractivity contribution in [3.63, 3.8) is 0 Å². The van der Waals surface area contributed by atoms with E-state index in [4.69, 9.17) is 9.47 Å². The molecule has 2 aromatic heterocycles. The first-order chi connectivity index (χ1) is 21.5. The van der Waals surface area contributed by atoms with Crippen molar-refractivity contribution >= 4 is 23.5 Å². The average Bonchev–Trinajstić information content (AvgIpc) is 3.46. The Bertz CT molecular complexity index is 1510. The van der Waals surface area contributed by atoms with Crippen molar-refractivity contribution in [3.8, 4) is 0 Å². The maximum atomic E-state index is 15.2. The van der Waals surface area contributed by atoms with E-state index < -0.39 is 53.8 Å². The second-order valence-electron chi connectivity index (χ2n) is 11.6. The summed E-state index contributed by atoms with van der Waals surface area (Å²) in [5.41, 5.74) is -4.69. The standard InChI is InChI=1S/C31H33F6N5O4/c1-28(2,3)46-27(44)42-16-6-10-24(42)30(31(35,36)37,45-19-29(32,33)34)21-7-4-8-22(17-21)41-26(43)23-9-5-13-39-25(23)40-18-20-11-14-38-15-12-20/h4-5,7-9,11-15,17,24H,6,10,16,18-19H2,1-3H3,(H,39,40)(H,41,43). The molecule has 15 heteroatoms. The van der Waals surface area contributed by atoms with Crippen molar-refractivity contribution in [3.05, 3.63) is 83.8 Å². The third kappa shape index (κ3) is 8.24. The summed E-state index contributed by atoms with van der Waals surface area (Å²) in [5.74, 6) is -0.558. The molecule has 2 amide bonds. The molecule has 0 spiro atoms. The zero-order chi connectivity index (χ0) is 33.8. The summed E-state index contributed by atoms with van der Waals surface area (Å²) in [6.45, 7) is 2.39. The van der Waals surface area contributed by atoms with Crippen molar-refractivity contribution in [1.29, 1.82) is 0 Å². The van der Waals surface area contributed by atoms with Crippen LogP contribution in [-0.2, 0) is 21.6 Å². The Labute approximate surface area is 261 Å². The number of halogens is 6. The van der Waals surface area contributed by atoms with Crippen molar-refractivity contribution in [2.45, 2.75) is 69.8 Å². The van der Waals surface area contributed by atoms with Gasteiger partial charge in [-0.3, -0.25) is 9.78 Å². The lowest BCUT2D eigenvalue weighted by molar-refractivity contribution is -0.324. The lowest BCUT2D eigenvalue weighted by Gasteiger charge is -2.44. The van der Waals surface area contributed by atoms with E-state index in [1.165, 1.54) is 45.2 Å². The summed E-state index contributed by atoms with van der Waals surface area (Å²) in [7, 11) is 0. The zero-order valence-electron chi connectivity index (χ0n) is 25.2. The molecule has 3 heterocycles. The first-order valence-corrected chi connectivity index (χ1v) is 14.3. The van der Waals surface area contributed by atoms with Gasteiger partial charge in [-0.05, 0) is 81.1 Å². The summed E-state index contributed by atoms with van der Waals surface area (Å²) in [5, 5.41) is 5.54. The van der Waals surface area contributed by atoms with E-state index in [-0.39, 0.29) is 43.0 Å². The maximum Gasteiger partial charge on any atom is 0.423 e. The monoisotopic (exact) mass is 653 g/mol. The van der Waals surface area contributed by atoms with Gasteiger partial charge in [0.2, 0.25) is 5.60 Å². The number of ether oxygens (including phenoxy) is 2. The van der Waals surface area contributed by atoms with Gasteiger partial charge in [-0.2, -0.15) is 26.3 Å². The van der Waals surface area contributed by atoms with E-state index in [2.05, 4.69) is 20.6 Å². The largest absolute Gasteiger partial charge is 0.444 e. The highest BCUT2D eigenvalue weighted by atomic mass is 19.4. The summed E-state index contributed by atoms with van der Waals surface area (Å²) < 4.78 is 96.1. The molecule has 0 saturated carbocycles. The molecule has 2 N–H and O–H groups in total. The van der Waals surface area contributed by atoms with Gasteiger partial charge in [-0.1, -0.05) is 12.1 Å². The SMILES string of the molecule is CC(C)(C)OC(=O)N1CCCC1C(OCC(F)(F)F)(c1cccc(NC(=O)c2cccnc2NCc2ccncc2)c1)C(F)(F)F. The van der Waals surface area contributed by atoms with Gasteiger partial charge in [0.1, 0.15) is 18.0 Å². The van der Waals surface area contributed by atoms with Crippen LogP contribution in [0.5, 0.6) is 0 Å². The molecule has 2 atom stereocenters. The predicted octanol–water partition coefficient (Wildman–Crippen LogP) is 7.08. The van der Waals surface area contributed by atoms with Gasteiger partial charge < -0.3 is 25.0 Å². The first-order valence-electron chi connectivity index (χ1n) is 14.3. The second-order valence-corrected chi connectivity index (χ2v) is 11.6. The number of carbonyl (C=O) groups excluding carboxylic acids is 2. The van der Waals surface area contributed by atoms with Crippen molar-refractivity contribution in [2.24, 2.45) is 0 Å². The number of aromatic nitrogens is 2. The number of amides is 2. The molecule has 248 valence electrons. The van der Waals surface area contributed by atoms with E-state index in [0.717, 1.165) is 28.7 Å². The van der Waals surface area contributed by atoms with Gasteiger partial charge in [0.05, 0.1) is 11.6 Å². The lowest BCUT2D eigenvalue weighted by atomic mass is 9.83. The zero-order valence-corrected chi connectivity index (χ0v) is 25.2. The number of hydrogen-bond donors (Lipinski definition) is 2. The first kappa shape index (κ1) is 34.5. The lowest BCUT2D eigenvalue weighted by Crippen LogP contribution is -2.60. The number of anilines is 2. The fourth-order valence-electron chi connectivity index (χ4n) is 5.17. The predicted molar refractivity (Wildman–Crippen MR) is 156 cm³/mol. The molecular formula is C31H33F6N5O4. The highest BCUT2D eigenvalue weighted by Crippen LogP contribution is 2.50. The number of likely N-dealkylation sites (tertiary alicyclic amines) is 1. The van der Waals surface area contributed by atoms with Crippen molar-refractivity contribution in [2.75, 3.05) is 23.8 Å². The van der Waals surface area contributed by atoms with Gasteiger partial charge in [0.15, 0.2) is 0 Å². The van der Waals surface area contributed by atoms with Crippen LogP contribution in [0.25, 0.3) is 0 Å². The van der Waals surface area contributed by atoms with E-state index in [9.17, 15) is 22.8 Å². The number of carbonyl (C=O) groups is 2. The third-order valence-corrected chi connectivity index (χ3v) is 7.05. The third-order valence-electron chi connectivity index (χ3n) is 7.05. The van der Waals surface area contributed by atoms with Crippen LogP contribution in [0.4, 0.5) is 42.6 Å². The average molecular weight is 654 g/mol. The minimum atomic E-state index is -5.44. The van der Waals surface area contributed by atoms with E-state index >= 15 is 13.2 Å². The number of benzene rings is 1. The molecule has 4 rings (SSSR count).